The Balaban J connectivity index is 1.40. The molecule has 0 aliphatic carbocycles. The molecule has 1 aliphatic heterocycles. The maximum atomic E-state index is 5.76. The highest BCUT2D eigenvalue weighted by atomic mass is 16.3. The highest BCUT2D eigenvalue weighted by Crippen LogP contribution is 2.24. The number of aromatic nitrogens is 2. The standard InChI is InChI=1S/C24H32N6O/c1-2-25-24(28-18-23-26-16-20(29-23)19-10-5-3-6-11-19)27-17-21(22-12-9-15-31-22)30-13-7-4-8-14-30/h3,5-6,9-12,15-16,21H,2,4,7-8,13-14,17-18H2,1H3,(H,26,29)(H2,25,27,28). The highest BCUT2D eigenvalue weighted by molar-refractivity contribution is 5.79. The fraction of sp³-hybridized carbons (Fsp3) is 0.417. The zero-order chi connectivity index (χ0) is 21.3. The molecule has 3 heterocycles. The normalized spacial score (nSPS) is 16.2. The summed E-state index contributed by atoms with van der Waals surface area (Å²) >= 11 is 0. The van der Waals surface area contributed by atoms with Crippen molar-refractivity contribution < 1.29 is 4.42 Å². The number of benzene rings is 1. The van der Waals surface area contributed by atoms with Gasteiger partial charge in [0.1, 0.15) is 18.1 Å². The molecule has 1 aromatic carbocycles. The van der Waals surface area contributed by atoms with Gasteiger partial charge in [-0.1, -0.05) is 36.8 Å². The van der Waals surface area contributed by atoms with E-state index < -0.39 is 0 Å². The molecule has 1 aliphatic rings. The highest BCUT2D eigenvalue weighted by Gasteiger charge is 2.24. The van der Waals surface area contributed by atoms with Gasteiger partial charge in [0.05, 0.1) is 24.2 Å². The Kier molecular flexibility index (Phi) is 7.39. The van der Waals surface area contributed by atoms with Crippen molar-refractivity contribution in [3.8, 4) is 11.3 Å². The van der Waals surface area contributed by atoms with Gasteiger partial charge >= 0.3 is 0 Å². The van der Waals surface area contributed by atoms with Crippen molar-refractivity contribution in [2.75, 3.05) is 26.2 Å². The second kappa shape index (κ2) is 10.8. The topological polar surface area (TPSA) is 81.5 Å². The quantitative estimate of drug-likeness (QED) is 0.380. The zero-order valence-corrected chi connectivity index (χ0v) is 18.2. The first-order valence-corrected chi connectivity index (χ1v) is 11.2. The number of H-pyrrole nitrogens is 1. The minimum absolute atomic E-state index is 0.201. The van der Waals surface area contributed by atoms with Crippen molar-refractivity contribution >= 4 is 5.96 Å². The number of hydrogen-bond donors (Lipinski definition) is 3. The maximum absolute atomic E-state index is 5.76. The molecular formula is C24H32N6O. The molecule has 3 N–H and O–H groups in total. The molecule has 1 saturated heterocycles. The average molecular weight is 421 g/mol. The molecule has 0 radical (unpaired) electrons. The fourth-order valence-corrected chi connectivity index (χ4v) is 4.02. The van der Waals surface area contributed by atoms with Crippen LogP contribution in [-0.2, 0) is 6.54 Å². The summed E-state index contributed by atoms with van der Waals surface area (Å²) in [5.41, 5.74) is 2.13. The molecule has 164 valence electrons. The van der Waals surface area contributed by atoms with E-state index in [-0.39, 0.29) is 6.04 Å². The van der Waals surface area contributed by atoms with E-state index in [0.717, 1.165) is 55.0 Å². The Hall–Kier alpha value is -3.06. The predicted octanol–water partition coefficient (Wildman–Crippen LogP) is 3.95. The van der Waals surface area contributed by atoms with Crippen LogP contribution >= 0.6 is 0 Å². The molecule has 4 rings (SSSR count). The number of rotatable bonds is 8. The van der Waals surface area contributed by atoms with E-state index in [0.29, 0.717) is 6.54 Å². The monoisotopic (exact) mass is 420 g/mol. The second-order valence-electron chi connectivity index (χ2n) is 7.81. The molecule has 7 heteroatoms. The number of likely N-dealkylation sites (tertiary alicyclic amines) is 1. The molecule has 3 aromatic rings. The minimum atomic E-state index is 0.201. The van der Waals surface area contributed by atoms with Gasteiger partial charge in [0.15, 0.2) is 5.96 Å². The van der Waals surface area contributed by atoms with Gasteiger partial charge in [-0.15, -0.1) is 0 Å². The number of imidazole rings is 1. The van der Waals surface area contributed by atoms with E-state index in [9.17, 15) is 0 Å². The Morgan fingerprint density at radius 3 is 2.71 bits per heavy atom. The third-order valence-electron chi connectivity index (χ3n) is 5.61. The van der Waals surface area contributed by atoms with Crippen LogP contribution < -0.4 is 10.6 Å². The Labute approximate surface area is 184 Å². The van der Waals surface area contributed by atoms with Crippen LogP contribution in [0, 0.1) is 0 Å². The predicted molar refractivity (Wildman–Crippen MR) is 124 cm³/mol. The average Bonchev–Trinajstić information content (AvgIpc) is 3.52. The van der Waals surface area contributed by atoms with E-state index >= 15 is 0 Å². The molecule has 31 heavy (non-hydrogen) atoms. The lowest BCUT2D eigenvalue weighted by Gasteiger charge is -2.33. The van der Waals surface area contributed by atoms with Crippen LogP contribution in [0.3, 0.4) is 0 Å². The van der Waals surface area contributed by atoms with Crippen molar-refractivity contribution in [2.24, 2.45) is 4.99 Å². The lowest BCUT2D eigenvalue weighted by molar-refractivity contribution is 0.146. The summed E-state index contributed by atoms with van der Waals surface area (Å²) in [6.07, 6.45) is 7.42. The molecule has 1 atom stereocenters. The van der Waals surface area contributed by atoms with Crippen LogP contribution in [0.15, 0.2) is 64.3 Å². The first kappa shape index (κ1) is 21.2. The Bertz CT molecular complexity index is 928. The second-order valence-corrected chi connectivity index (χ2v) is 7.81. The number of furan rings is 1. The van der Waals surface area contributed by atoms with Crippen molar-refractivity contribution in [1.29, 1.82) is 0 Å². The van der Waals surface area contributed by atoms with Gasteiger partial charge in [-0.2, -0.15) is 0 Å². The van der Waals surface area contributed by atoms with E-state index in [4.69, 9.17) is 9.41 Å². The minimum Gasteiger partial charge on any atom is -0.468 e. The molecule has 2 aromatic heterocycles. The number of piperidine rings is 1. The van der Waals surface area contributed by atoms with Gasteiger partial charge in [-0.05, 0) is 50.6 Å². The molecule has 7 nitrogen and oxygen atoms in total. The molecule has 1 unspecified atom stereocenters. The first-order valence-electron chi connectivity index (χ1n) is 11.2. The molecule has 0 saturated carbocycles. The Morgan fingerprint density at radius 2 is 1.97 bits per heavy atom. The van der Waals surface area contributed by atoms with Crippen molar-refractivity contribution in [3.05, 3.63) is 66.5 Å². The number of nitrogens with one attached hydrogen (secondary N) is 3. The molecule has 1 fully saturated rings. The van der Waals surface area contributed by atoms with Crippen LogP contribution in [-0.4, -0.2) is 47.0 Å². The van der Waals surface area contributed by atoms with E-state index in [1.165, 1.54) is 19.3 Å². The molecule has 0 amide bonds. The molecule has 0 bridgehead atoms. The zero-order valence-electron chi connectivity index (χ0n) is 18.2. The summed E-state index contributed by atoms with van der Waals surface area (Å²) in [5.74, 6) is 2.63. The molecule has 0 spiro atoms. The Morgan fingerprint density at radius 1 is 1.13 bits per heavy atom. The lowest BCUT2D eigenvalue weighted by atomic mass is 10.1. The van der Waals surface area contributed by atoms with E-state index in [1.54, 1.807) is 6.26 Å². The van der Waals surface area contributed by atoms with Gasteiger partial charge < -0.3 is 20.0 Å². The summed E-state index contributed by atoms with van der Waals surface area (Å²) in [6.45, 7) is 6.31. The van der Waals surface area contributed by atoms with Crippen LogP contribution in [0.4, 0.5) is 0 Å². The number of hydrogen-bond acceptors (Lipinski definition) is 4. The number of aromatic amines is 1. The van der Waals surface area contributed by atoms with Crippen LogP contribution in [0.25, 0.3) is 11.3 Å². The summed E-state index contributed by atoms with van der Waals surface area (Å²) in [6, 6.07) is 14.4. The van der Waals surface area contributed by atoms with Crippen LogP contribution in [0.5, 0.6) is 0 Å². The van der Waals surface area contributed by atoms with E-state index in [1.807, 2.05) is 30.5 Å². The lowest BCUT2D eigenvalue weighted by Crippen LogP contribution is -2.44. The van der Waals surface area contributed by atoms with Crippen molar-refractivity contribution in [2.45, 2.75) is 38.8 Å². The smallest absolute Gasteiger partial charge is 0.191 e. The van der Waals surface area contributed by atoms with Gasteiger partial charge in [0.25, 0.3) is 0 Å². The SMILES string of the molecule is CCNC(=NCc1ncc(-c2ccccc2)[nH]1)NCC(c1ccco1)N1CCCCC1. The van der Waals surface area contributed by atoms with Gasteiger partial charge in [-0.3, -0.25) is 4.90 Å². The third kappa shape index (κ3) is 5.76. The number of aliphatic imine (C=N–C) groups is 1. The van der Waals surface area contributed by atoms with Crippen molar-refractivity contribution in [1.82, 2.24) is 25.5 Å². The molecular weight excluding hydrogens is 388 g/mol. The van der Waals surface area contributed by atoms with Gasteiger partial charge in [0.2, 0.25) is 0 Å². The van der Waals surface area contributed by atoms with Crippen molar-refractivity contribution in [3.63, 3.8) is 0 Å². The fourth-order valence-electron chi connectivity index (χ4n) is 4.02. The first-order chi connectivity index (χ1) is 15.3. The summed E-state index contributed by atoms with van der Waals surface area (Å²) in [5, 5.41) is 6.85. The number of nitrogens with zero attached hydrogens (tertiary/aromatic N) is 3. The summed E-state index contributed by atoms with van der Waals surface area (Å²) < 4.78 is 5.76. The van der Waals surface area contributed by atoms with Crippen LogP contribution in [0.2, 0.25) is 0 Å². The summed E-state index contributed by atoms with van der Waals surface area (Å²) in [7, 11) is 0. The van der Waals surface area contributed by atoms with Crippen LogP contribution in [0.1, 0.15) is 43.8 Å². The van der Waals surface area contributed by atoms with E-state index in [2.05, 4.69) is 50.6 Å². The summed E-state index contributed by atoms with van der Waals surface area (Å²) in [4.78, 5) is 15.1. The van der Waals surface area contributed by atoms with Gasteiger partial charge in [-0.25, -0.2) is 9.98 Å². The largest absolute Gasteiger partial charge is 0.468 e. The maximum Gasteiger partial charge on any atom is 0.191 e. The number of guanidine groups is 1. The van der Waals surface area contributed by atoms with Gasteiger partial charge in [0, 0.05) is 13.1 Å². The third-order valence-corrected chi connectivity index (χ3v) is 5.61.